The third kappa shape index (κ3) is 5.39. The van der Waals surface area contributed by atoms with Gasteiger partial charge in [0.15, 0.2) is 0 Å². The Morgan fingerprint density at radius 2 is 1.81 bits per heavy atom. The van der Waals surface area contributed by atoms with E-state index >= 15 is 0 Å². The molecule has 6 heteroatoms. The first kappa shape index (κ1) is 18.6. The molecule has 0 unspecified atom stereocenters. The molecule has 0 saturated heterocycles. The van der Waals surface area contributed by atoms with Crippen LogP contribution in [0.4, 0.5) is 5.69 Å². The summed E-state index contributed by atoms with van der Waals surface area (Å²) in [7, 11) is 0. The van der Waals surface area contributed by atoms with E-state index in [1.807, 2.05) is 49.4 Å². The summed E-state index contributed by atoms with van der Waals surface area (Å²) in [4.78, 5) is 21.1. The summed E-state index contributed by atoms with van der Waals surface area (Å²) >= 11 is 6.03. The average Bonchev–Trinajstić information content (AvgIpc) is 2.69. The third-order valence-corrected chi connectivity index (χ3v) is 4.11. The highest BCUT2D eigenvalue weighted by molar-refractivity contribution is 6.30. The van der Waals surface area contributed by atoms with Crippen LogP contribution in [0.5, 0.6) is 0 Å². The number of nitrogens with zero attached hydrogens (tertiary/aromatic N) is 2. The lowest BCUT2D eigenvalue weighted by molar-refractivity contribution is 0.0977. The van der Waals surface area contributed by atoms with Crippen molar-refractivity contribution in [3.63, 3.8) is 0 Å². The van der Waals surface area contributed by atoms with E-state index in [1.165, 1.54) is 0 Å². The van der Waals surface area contributed by atoms with Crippen molar-refractivity contribution in [1.82, 2.24) is 10.3 Å². The fourth-order valence-electron chi connectivity index (χ4n) is 2.43. The molecule has 0 fully saturated rings. The largest absolute Gasteiger partial charge is 0.326 e. The smallest absolute Gasteiger partial charge is 0.257 e. The van der Waals surface area contributed by atoms with Crippen molar-refractivity contribution in [1.29, 1.82) is 0 Å². The number of nitrogens with one attached hydrogen (secondary N) is 2. The standard InChI is InChI=1S/C21H19ClN4O/c1-15-13-18(22)7-8-19(15)25-21(24-14-16-9-11-23-12-10-16)26-20(27)17-5-3-2-4-6-17/h2-13H,14H2,1H3,(H2,24,25,26,27). The molecule has 2 aromatic carbocycles. The highest BCUT2D eigenvalue weighted by atomic mass is 35.5. The molecule has 0 aliphatic carbocycles. The molecule has 2 N–H and O–H groups in total. The van der Waals surface area contributed by atoms with Crippen molar-refractivity contribution in [2.24, 2.45) is 4.99 Å². The molecule has 1 heterocycles. The van der Waals surface area contributed by atoms with Gasteiger partial charge in [-0.05, 0) is 60.5 Å². The summed E-state index contributed by atoms with van der Waals surface area (Å²) in [5.74, 6) is 0.134. The molecule has 0 spiro atoms. The number of guanidine groups is 1. The number of halogens is 1. The molecule has 0 aliphatic heterocycles. The van der Waals surface area contributed by atoms with E-state index < -0.39 is 0 Å². The van der Waals surface area contributed by atoms with Crippen LogP contribution in [0.15, 0.2) is 78.0 Å². The first-order valence-corrected chi connectivity index (χ1v) is 8.82. The predicted molar refractivity (Wildman–Crippen MR) is 109 cm³/mol. The van der Waals surface area contributed by atoms with Gasteiger partial charge in [0, 0.05) is 28.7 Å². The number of amides is 1. The summed E-state index contributed by atoms with van der Waals surface area (Å²) in [5, 5.41) is 6.69. The molecule has 3 rings (SSSR count). The molecule has 1 aromatic heterocycles. The second-order valence-electron chi connectivity index (χ2n) is 5.92. The van der Waals surface area contributed by atoms with Crippen LogP contribution in [-0.4, -0.2) is 16.9 Å². The Morgan fingerprint density at radius 3 is 2.52 bits per heavy atom. The van der Waals surface area contributed by atoms with Gasteiger partial charge in [-0.15, -0.1) is 0 Å². The lowest BCUT2D eigenvalue weighted by Gasteiger charge is -2.14. The third-order valence-electron chi connectivity index (χ3n) is 3.88. The van der Waals surface area contributed by atoms with Crippen molar-refractivity contribution in [3.8, 4) is 0 Å². The minimum atomic E-state index is -0.233. The number of aliphatic imine (C=N–C) groups is 1. The zero-order valence-corrected chi connectivity index (χ0v) is 15.6. The van der Waals surface area contributed by atoms with E-state index in [9.17, 15) is 4.79 Å². The van der Waals surface area contributed by atoms with Crippen molar-refractivity contribution in [2.45, 2.75) is 13.5 Å². The summed E-state index contributed by atoms with van der Waals surface area (Å²) in [6.45, 7) is 2.35. The molecule has 0 saturated carbocycles. The van der Waals surface area contributed by atoms with Crippen molar-refractivity contribution >= 4 is 29.2 Å². The predicted octanol–water partition coefficient (Wildman–Crippen LogP) is 4.44. The molecular formula is C21H19ClN4O. The molecule has 0 bridgehead atoms. The molecule has 3 aromatic rings. The van der Waals surface area contributed by atoms with Crippen LogP contribution >= 0.6 is 11.6 Å². The minimum absolute atomic E-state index is 0.233. The van der Waals surface area contributed by atoms with Crippen molar-refractivity contribution < 1.29 is 4.79 Å². The van der Waals surface area contributed by atoms with E-state index in [0.29, 0.717) is 23.1 Å². The Hall–Kier alpha value is -3.18. The number of hydrogen-bond acceptors (Lipinski definition) is 3. The van der Waals surface area contributed by atoms with Crippen LogP contribution in [0, 0.1) is 6.92 Å². The first-order chi connectivity index (χ1) is 13.1. The van der Waals surface area contributed by atoms with Crippen LogP contribution < -0.4 is 10.6 Å². The highest BCUT2D eigenvalue weighted by Gasteiger charge is 2.10. The van der Waals surface area contributed by atoms with Gasteiger partial charge < -0.3 is 5.32 Å². The minimum Gasteiger partial charge on any atom is -0.326 e. The normalized spacial score (nSPS) is 11.1. The number of rotatable bonds is 4. The summed E-state index contributed by atoms with van der Waals surface area (Å²) in [6, 6.07) is 18.3. The zero-order valence-electron chi connectivity index (χ0n) is 14.8. The van der Waals surface area contributed by atoms with Crippen LogP contribution in [0.25, 0.3) is 0 Å². The summed E-state index contributed by atoms with van der Waals surface area (Å²) in [5.41, 5.74) is 3.32. The highest BCUT2D eigenvalue weighted by Crippen LogP contribution is 2.19. The number of aryl methyl sites for hydroxylation is 1. The average molecular weight is 379 g/mol. The Labute approximate surface area is 163 Å². The Balaban J connectivity index is 1.82. The van der Waals surface area contributed by atoms with Crippen molar-refractivity contribution in [2.75, 3.05) is 5.32 Å². The lowest BCUT2D eigenvalue weighted by Crippen LogP contribution is -2.36. The van der Waals surface area contributed by atoms with E-state index in [0.717, 1.165) is 16.8 Å². The number of carbonyl (C=O) groups is 1. The summed E-state index contributed by atoms with van der Waals surface area (Å²) in [6.07, 6.45) is 3.42. The first-order valence-electron chi connectivity index (χ1n) is 8.45. The van der Waals surface area contributed by atoms with E-state index in [4.69, 9.17) is 11.6 Å². The van der Waals surface area contributed by atoms with E-state index in [2.05, 4.69) is 20.6 Å². The number of aromatic nitrogens is 1. The molecular weight excluding hydrogens is 360 g/mol. The number of benzene rings is 2. The van der Waals surface area contributed by atoms with Gasteiger partial charge in [-0.1, -0.05) is 29.8 Å². The summed E-state index contributed by atoms with van der Waals surface area (Å²) < 4.78 is 0. The maximum atomic E-state index is 12.5. The fourth-order valence-corrected chi connectivity index (χ4v) is 2.66. The SMILES string of the molecule is Cc1cc(Cl)ccc1NC(=NCc1ccncc1)NC(=O)c1ccccc1. The fraction of sp³-hybridized carbons (Fsp3) is 0.0952. The van der Waals surface area contributed by atoms with Gasteiger partial charge in [-0.3, -0.25) is 15.1 Å². The molecule has 1 amide bonds. The van der Waals surface area contributed by atoms with Gasteiger partial charge >= 0.3 is 0 Å². The van der Waals surface area contributed by atoms with Gasteiger partial charge in [0.2, 0.25) is 5.96 Å². The molecule has 0 radical (unpaired) electrons. The molecule has 136 valence electrons. The molecule has 0 atom stereocenters. The maximum absolute atomic E-state index is 12.5. The van der Waals surface area contributed by atoms with Gasteiger partial charge in [0.05, 0.1) is 6.54 Å². The second kappa shape index (κ2) is 8.96. The molecule has 0 aliphatic rings. The zero-order chi connectivity index (χ0) is 19.1. The van der Waals surface area contributed by atoms with E-state index in [-0.39, 0.29) is 5.91 Å². The Kier molecular flexibility index (Phi) is 6.18. The number of hydrogen-bond donors (Lipinski definition) is 2. The number of pyridine rings is 1. The van der Waals surface area contributed by atoms with Gasteiger partial charge in [0.1, 0.15) is 0 Å². The maximum Gasteiger partial charge on any atom is 0.257 e. The second-order valence-corrected chi connectivity index (χ2v) is 6.36. The number of anilines is 1. The van der Waals surface area contributed by atoms with Gasteiger partial charge in [-0.25, -0.2) is 4.99 Å². The van der Waals surface area contributed by atoms with E-state index in [1.54, 1.807) is 30.6 Å². The van der Waals surface area contributed by atoms with Crippen LogP contribution in [-0.2, 0) is 6.54 Å². The van der Waals surface area contributed by atoms with Crippen LogP contribution in [0.2, 0.25) is 5.02 Å². The molecule has 5 nitrogen and oxygen atoms in total. The van der Waals surface area contributed by atoms with Crippen molar-refractivity contribution in [3.05, 3.63) is 94.8 Å². The van der Waals surface area contributed by atoms with Crippen LogP contribution in [0.1, 0.15) is 21.5 Å². The quantitative estimate of drug-likeness (QED) is 0.521. The van der Waals surface area contributed by atoms with Gasteiger partial charge in [-0.2, -0.15) is 0 Å². The Morgan fingerprint density at radius 1 is 1.07 bits per heavy atom. The Bertz CT molecular complexity index is 943. The lowest BCUT2D eigenvalue weighted by atomic mass is 10.2. The van der Waals surface area contributed by atoms with Crippen LogP contribution in [0.3, 0.4) is 0 Å². The monoisotopic (exact) mass is 378 g/mol. The number of carbonyl (C=O) groups excluding carboxylic acids is 1. The van der Waals surface area contributed by atoms with Gasteiger partial charge in [0.25, 0.3) is 5.91 Å². The topological polar surface area (TPSA) is 66.4 Å². The molecule has 27 heavy (non-hydrogen) atoms.